The van der Waals surface area contributed by atoms with Crippen molar-refractivity contribution in [2.75, 3.05) is 18.0 Å². The molecular formula is C15H26N2. The molecule has 0 bridgehead atoms. The van der Waals surface area contributed by atoms with Gasteiger partial charge in [-0.2, -0.15) is 0 Å². The van der Waals surface area contributed by atoms with Crippen molar-refractivity contribution in [3.05, 3.63) is 29.8 Å². The SMILES string of the molecule is CCN(CCCCC(C)N)c1cccc(C)c1. The van der Waals surface area contributed by atoms with Crippen molar-refractivity contribution >= 4 is 5.69 Å². The molecule has 17 heavy (non-hydrogen) atoms. The summed E-state index contributed by atoms with van der Waals surface area (Å²) in [5.41, 5.74) is 8.43. The van der Waals surface area contributed by atoms with Gasteiger partial charge in [-0.1, -0.05) is 18.6 Å². The lowest BCUT2D eigenvalue weighted by Crippen LogP contribution is -2.24. The summed E-state index contributed by atoms with van der Waals surface area (Å²) in [4.78, 5) is 2.44. The molecular weight excluding hydrogens is 208 g/mol. The highest BCUT2D eigenvalue weighted by Crippen LogP contribution is 2.16. The first-order valence-electron chi connectivity index (χ1n) is 6.70. The average molecular weight is 234 g/mol. The third-order valence-corrected chi connectivity index (χ3v) is 3.09. The van der Waals surface area contributed by atoms with E-state index in [0.29, 0.717) is 6.04 Å². The lowest BCUT2D eigenvalue weighted by atomic mass is 10.1. The Bertz CT molecular complexity index is 320. The maximum Gasteiger partial charge on any atom is 0.0368 e. The Kier molecular flexibility index (Phi) is 6.06. The highest BCUT2D eigenvalue weighted by atomic mass is 15.1. The zero-order valence-electron chi connectivity index (χ0n) is 11.4. The summed E-state index contributed by atoms with van der Waals surface area (Å²) in [5, 5.41) is 0. The molecule has 96 valence electrons. The number of rotatable bonds is 7. The van der Waals surface area contributed by atoms with E-state index in [4.69, 9.17) is 5.73 Å². The van der Waals surface area contributed by atoms with Crippen LogP contribution < -0.4 is 10.6 Å². The molecule has 0 aliphatic heterocycles. The highest BCUT2D eigenvalue weighted by molar-refractivity contribution is 5.48. The molecule has 0 heterocycles. The summed E-state index contributed by atoms with van der Waals surface area (Å²) >= 11 is 0. The summed E-state index contributed by atoms with van der Waals surface area (Å²) in [7, 11) is 0. The van der Waals surface area contributed by atoms with Crippen LogP contribution in [-0.2, 0) is 0 Å². The van der Waals surface area contributed by atoms with Crippen molar-refractivity contribution in [2.45, 2.75) is 46.1 Å². The van der Waals surface area contributed by atoms with Crippen LogP contribution in [0.25, 0.3) is 0 Å². The minimum Gasteiger partial charge on any atom is -0.372 e. The van der Waals surface area contributed by atoms with Gasteiger partial charge in [-0.25, -0.2) is 0 Å². The Morgan fingerprint density at radius 3 is 2.65 bits per heavy atom. The molecule has 0 radical (unpaired) electrons. The molecule has 0 aliphatic carbocycles. The molecule has 1 aromatic carbocycles. The van der Waals surface area contributed by atoms with Crippen molar-refractivity contribution in [1.29, 1.82) is 0 Å². The fourth-order valence-corrected chi connectivity index (χ4v) is 2.06. The summed E-state index contributed by atoms with van der Waals surface area (Å²) in [6.07, 6.45) is 3.58. The molecule has 0 saturated heterocycles. The van der Waals surface area contributed by atoms with Crippen LogP contribution in [0, 0.1) is 6.92 Å². The van der Waals surface area contributed by atoms with Gasteiger partial charge in [0.2, 0.25) is 0 Å². The second-order valence-corrected chi connectivity index (χ2v) is 4.89. The number of anilines is 1. The lowest BCUT2D eigenvalue weighted by Gasteiger charge is -2.23. The van der Waals surface area contributed by atoms with Crippen LogP contribution in [0.2, 0.25) is 0 Å². The standard InChI is InChI=1S/C15H26N2/c1-4-17(11-6-5-9-14(3)16)15-10-7-8-13(2)12-15/h7-8,10,12,14H,4-6,9,11,16H2,1-3H3. The maximum absolute atomic E-state index is 5.76. The van der Waals surface area contributed by atoms with Crippen LogP contribution in [0.15, 0.2) is 24.3 Å². The third-order valence-electron chi connectivity index (χ3n) is 3.09. The fraction of sp³-hybridized carbons (Fsp3) is 0.600. The Labute approximate surface area is 106 Å². The summed E-state index contributed by atoms with van der Waals surface area (Å²) in [6.45, 7) is 8.65. The Morgan fingerprint density at radius 1 is 1.29 bits per heavy atom. The molecule has 1 atom stereocenters. The van der Waals surface area contributed by atoms with E-state index >= 15 is 0 Å². The van der Waals surface area contributed by atoms with Gasteiger partial charge in [-0.3, -0.25) is 0 Å². The normalized spacial score (nSPS) is 12.5. The molecule has 0 spiro atoms. The van der Waals surface area contributed by atoms with Crippen molar-refractivity contribution in [2.24, 2.45) is 5.73 Å². The average Bonchev–Trinajstić information content (AvgIpc) is 2.29. The van der Waals surface area contributed by atoms with Crippen molar-refractivity contribution in [1.82, 2.24) is 0 Å². The van der Waals surface area contributed by atoms with Crippen molar-refractivity contribution in [3.8, 4) is 0 Å². The van der Waals surface area contributed by atoms with Gasteiger partial charge in [0, 0.05) is 24.8 Å². The number of unbranched alkanes of at least 4 members (excludes halogenated alkanes) is 1. The van der Waals surface area contributed by atoms with E-state index < -0.39 is 0 Å². The fourth-order valence-electron chi connectivity index (χ4n) is 2.06. The summed E-state index contributed by atoms with van der Waals surface area (Å²) < 4.78 is 0. The number of aryl methyl sites for hydroxylation is 1. The smallest absolute Gasteiger partial charge is 0.0368 e. The molecule has 1 unspecified atom stereocenters. The van der Waals surface area contributed by atoms with Crippen molar-refractivity contribution in [3.63, 3.8) is 0 Å². The zero-order chi connectivity index (χ0) is 12.7. The quantitative estimate of drug-likeness (QED) is 0.733. The monoisotopic (exact) mass is 234 g/mol. The van der Waals surface area contributed by atoms with E-state index in [2.05, 4.69) is 49.9 Å². The van der Waals surface area contributed by atoms with Gasteiger partial charge in [0.05, 0.1) is 0 Å². The molecule has 2 N–H and O–H groups in total. The van der Waals surface area contributed by atoms with E-state index in [1.165, 1.54) is 24.1 Å². The van der Waals surface area contributed by atoms with E-state index in [9.17, 15) is 0 Å². The lowest BCUT2D eigenvalue weighted by molar-refractivity contribution is 0.591. The van der Waals surface area contributed by atoms with Gasteiger partial charge in [0.25, 0.3) is 0 Å². The van der Waals surface area contributed by atoms with Crippen molar-refractivity contribution < 1.29 is 0 Å². The van der Waals surface area contributed by atoms with Gasteiger partial charge in [0.1, 0.15) is 0 Å². The largest absolute Gasteiger partial charge is 0.372 e. The first-order valence-corrected chi connectivity index (χ1v) is 6.70. The van der Waals surface area contributed by atoms with Gasteiger partial charge in [0.15, 0.2) is 0 Å². The topological polar surface area (TPSA) is 29.3 Å². The van der Waals surface area contributed by atoms with Crippen LogP contribution in [0.4, 0.5) is 5.69 Å². The molecule has 2 heteroatoms. The van der Waals surface area contributed by atoms with Gasteiger partial charge in [-0.05, 0) is 51.3 Å². The number of benzene rings is 1. The molecule has 0 fully saturated rings. The summed E-state index contributed by atoms with van der Waals surface area (Å²) in [5.74, 6) is 0. The summed E-state index contributed by atoms with van der Waals surface area (Å²) in [6, 6.07) is 9.07. The number of hydrogen-bond acceptors (Lipinski definition) is 2. The number of hydrogen-bond donors (Lipinski definition) is 1. The van der Waals surface area contributed by atoms with Gasteiger partial charge in [-0.15, -0.1) is 0 Å². The Morgan fingerprint density at radius 2 is 2.06 bits per heavy atom. The zero-order valence-corrected chi connectivity index (χ0v) is 11.4. The predicted molar refractivity (Wildman–Crippen MR) is 76.6 cm³/mol. The second kappa shape index (κ2) is 7.33. The molecule has 0 aliphatic rings. The van der Waals surface area contributed by atoms with Crippen LogP contribution in [0.1, 0.15) is 38.7 Å². The second-order valence-electron chi connectivity index (χ2n) is 4.89. The minimum absolute atomic E-state index is 0.337. The van der Waals surface area contributed by atoms with Crippen LogP contribution >= 0.6 is 0 Å². The molecule has 1 aromatic rings. The molecule has 0 saturated carbocycles. The highest BCUT2D eigenvalue weighted by Gasteiger charge is 2.04. The van der Waals surface area contributed by atoms with Crippen LogP contribution in [0.3, 0.4) is 0 Å². The van der Waals surface area contributed by atoms with Crippen LogP contribution in [-0.4, -0.2) is 19.1 Å². The predicted octanol–water partition coefficient (Wildman–Crippen LogP) is 3.34. The number of nitrogens with zero attached hydrogens (tertiary/aromatic N) is 1. The molecule has 1 rings (SSSR count). The van der Waals surface area contributed by atoms with Gasteiger partial charge >= 0.3 is 0 Å². The first-order chi connectivity index (χ1) is 8.13. The molecule has 2 nitrogen and oxygen atoms in total. The van der Waals surface area contributed by atoms with Crippen LogP contribution in [0.5, 0.6) is 0 Å². The van der Waals surface area contributed by atoms with E-state index in [1.54, 1.807) is 0 Å². The Balaban J connectivity index is 2.43. The van der Waals surface area contributed by atoms with E-state index in [-0.39, 0.29) is 0 Å². The van der Waals surface area contributed by atoms with E-state index in [1.807, 2.05) is 0 Å². The Hall–Kier alpha value is -1.02. The maximum atomic E-state index is 5.76. The molecule has 0 amide bonds. The first kappa shape index (κ1) is 14.0. The number of nitrogens with two attached hydrogens (primary N) is 1. The minimum atomic E-state index is 0.337. The molecule has 0 aromatic heterocycles. The van der Waals surface area contributed by atoms with Gasteiger partial charge < -0.3 is 10.6 Å². The third kappa shape index (κ3) is 5.22. The van der Waals surface area contributed by atoms with E-state index in [0.717, 1.165) is 19.5 Å².